The van der Waals surface area contributed by atoms with Crippen molar-refractivity contribution in [2.45, 2.75) is 13.3 Å². The summed E-state index contributed by atoms with van der Waals surface area (Å²) in [5.74, 6) is 0.0270. The van der Waals surface area contributed by atoms with Gasteiger partial charge in [0.2, 0.25) is 0 Å². The predicted molar refractivity (Wildman–Crippen MR) is 66.8 cm³/mol. The molecule has 1 heterocycles. The molecule has 1 aromatic heterocycles. The summed E-state index contributed by atoms with van der Waals surface area (Å²) in [6, 6.07) is 5.50. The second-order valence-corrected chi connectivity index (χ2v) is 4.21. The van der Waals surface area contributed by atoms with Crippen molar-refractivity contribution in [1.82, 2.24) is 9.78 Å². The highest BCUT2D eigenvalue weighted by molar-refractivity contribution is 6.02. The molecule has 0 spiro atoms. The summed E-state index contributed by atoms with van der Waals surface area (Å²) in [6.07, 6.45) is 3.87. The van der Waals surface area contributed by atoms with E-state index in [1.54, 1.807) is 16.9 Å². The minimum atomic E-state index is 0.0270. The molecule has 0 aliphatic heterocycles. The van der Waals surface area contributed by atoms with E-state index in [0.29, 0.717) is 17.7 Å². The largest absolute Gasteiger partial charge is 0.398 e. The molecule has 4 heteroatoms. The van der Waals surface area contributed by atoms with E-state index in [1.165, 1.54) is 0 Å². The van der Waals surface area contributed by atoms with Gasteiger partial charge in [-0.2, -0.15) is 5.10 Å². The summed E-state index contributed by atoms with van der Waals surface area (Å²) in [5, 5.41) is 4.04. The maximum atomic E-state index is 12.1. The SMILES string of the molecule is Cc1ccc(N)c(C(=O)Cc2cnn(C)c2)c1. The van der Waals surface area contributed by atoms with Crippen LogP contribution in [0, 0.1) is 6.92 Å². The average molecular weight is 229 g/mol. The Hall–Kier alpha value is -2.10. The second kappa shape index (κ2) is 4.41. The fourth-order valence-corrected chi connectivity index (χ4v) is 1.76. The van der Waals surface area contributed by atoms with Crippen LogP contribution in [0.25, 0.3) is 0 Å². The van der Waals surface area contributed by atoms with Gasteiger partial charge in [-0.15, -0.1) is 0 Å². The number of hydrogen-bond acceptors (Lipinski definition) is 3. The van der Waals surface area contributed by atoms with Crippen LogP contribution >= 0.6 is 0 Å². The van der Waals surface area contributed by atoms with E-state index in [-0.39, 0.29) is 5.78 Å². The number of anilines is 1. The van der Waals surface area contributed by atoms with E-state index in [4.69, 9.17) is 5.73 Å². The monoisotopic (exact) mass is 229 g/mol. The number of benzene rings is 1. The van der Waals surface area contributed by atoms with Crippen molar-refractivity contribution in [2.75, 3.05) is 5.73 Å². The van der Waals surface area contributed by atoms with Crippen LogP contribution < -0.4 is 5.73 Å². The van der Waals surface area contributed by atoms with Crippen molar-refractivity contribution in [3.8, 4) is 0 Å². The molecular formula is C13H15N3O. The molecule has 0 aliphatic carbocycles. The first-order valence-corrected chi connectivity index (χ1v) is 5.43. The first kappa shape index (κ1) is 11.4. The van der Waals surface area contributed by atoms with Crippen LogP contribution in [0.4, 0.5) is 5.69 Å². The van der Waals surface area contributed by atoms with Gasteiger partial charge in [0.05, 0.1) is 6.20 Å². The number of Topliss-reactive ketones (excluding diaryl/α,β-unsaturated/α-hetero) is 1. The van der Waals surface area contributed by atoms with Crippen molar-refractivity contribution in [1.29, 1.82) is 0 Å². The summed E-state index contributed by atoms with van der Waals surface area (Å²) in [5.41, 5.74) is 8.87. The van der Waals surface area contributed by atoms with E-state index in [1.807, 2.05) is 32.3 Å². The Morgan fingerprint density at radius 2 is 2.24 bits per heavy atom. The third-order valence-corrected chi connectivity index (χ3v) is 2.63. The molecule has 0 atom stereocenters. The summed E-state index contributed by atoms with van der Waals surface area (Å²) < 4.78 is 1.68. The van der Waals surface area contributed by atoms with E-state index in [2.05, 4.69) is 5.10 Å². The average Bonchev–Trinajstić information content (AvgIpc) is 2.67. The van der Waals surface area contributed by atoms with Crippen molar-refractivity contribution in [2.24, 2.45) is 7.05 Å². The van der Waals surface area contributed by atoms with Gasteiger partial charge in [0.1, 0.15) is 0 Å². The molecule has 0 amide bonds. The van der Waals surface area contributed by atoms with E-state index >= 15 is 0 Å². The third-order valence-electron chi connectivity index (χ3n) is 2.63. The summed E-state index contributed by atoms with van der Waals surface area (Å²) in [4.78, 5) is 12.1. The Morgan fingerprint density at radius 1 is 1.47 bits per heavy atom. The van der Waals surface area contributed by atoms with Gasteiger partial charge < -0.3 is 5.73 Å². The molecule has 0 saturated carbocycles. The first-order valence-electron chi connectivity index (χ1n) is 5.43. The standard InChI is InChI=1S/C13H15N3O/c1-9-3-4-12(14)11(5-9)13(17)6-10-7-15-16(2)8-10/h3-5,7-8H,6,14H2,1-2H3. The van der Waals surface area contributed by atoms with Gasteiger partial charge in [0.15, 0.2) is 5.78 Å². The van der Waals surface area contributed by atoms with Crippen LogP contribution in [0.3, 0.4) is 0 Å². The number of carbonyl (C=O) groups is 1. The minimum absolute atomic E-state index is 0.0270. The number of hydrogen-bond donors (Lipinski definition) is 1. The normalized spacial score (nSPS) is 10.5. The molecule has 0 bridgehead atoms. The highest BCUT2D eigenvalue weighted by atomic mass is 16.1. The molecule has 0 saturated heterocycles. The third kappa shape index (κ3) is 2.53. The zero-order chi connectivity index (χ0) is 12.4. The summed E-state index contributed by atoms with van der Waals surface area (Å²) in [7, 11) is 1.83. The molecule has 2 aromatic rings. The highest BCUT2D eigenvalue weighted by Gasteiger charge is 2.11. The van der Waals surface area contributed by atoms with E-state index in [0.717, 1.165) is 11.1 Å². The molecular weight excluding hydrogens is 214 g/mol. The lowest BCUT2D eigenvalue weighted by atomic mass is 10.0. The molecule has 2 rings (SSSR count). The molecule has 88 valence electrons. The number of nitrogen functional groups attached to an aromatic ring is 1. The summed E-state index contributed by atoms with van der Waals surface area (Å²) >= 11 is 0. The summed E-state index contributed by atoms with van der Waals surface area (Å²) in [6.45, 7) is 1.94. The molecule has 0 fully saturated rings. The zero-order valence-electron chi connectivity index (χ0n) is 9.97. The molecule has 17 heavy (non-hydrogen) atoms. The van der Waals surface area contributed by atoms with Gasteiger partial charge in [0, 0.05) is 30.9 Å². The van der Waals surface area contributed by atoms with Crippen LogP contribution in [-0.4, -0.2) is 15.6 Å². The molecule has 4 nitrogen and oxygen atoms in total. The Morgan fingerprint density at radius 3 is 2.88 bits per heavy atom. The molecule has 0 radical (unpaired) electrons. The number of nitrogens with two attached hydrogens (primary N) is 1. The van der Waals surface area contributed by atoms with E-state index < -0.39 is 0 Å². The molecule has 0 unspecified atom stereocenters. The lowest BCUT2D eigenvalue weighted by Gasteiger charge is -2.04. The Balaban J connectivity index is 2.22. The van der Waals surface area contributed by atoms with Gasteiger partial charge >= 0.3 is 0 Å². The lowest BCUT2D eigenvalue weighted by Crippen LogP contribution is -2.07. The smallest absolute Gasteiger partial charge is 0.169 e. The predicted octanol–water partition coefficient (Wildman–Crippen LogP) is 1.74. The minimum Gasteiger partial charge on any atom is -0.398 e. The van der Waals surface area contributed by atoms with Gasteiger partial charge in [0.25, 0.3) is 0 Å². The lowest BCUT2D eigenvalue weighted by molar-refractivity contribution is 0.0993. The topological polar surface area (TPSA) is 60.9 Å². The number of ketones is 1. The van der Waals surface area contributed by atoms with E-state index in [9.17, 15) is 4.79 Å². The van der Waals surface area contributed by atoms with Gasteiger partial charge in [-0.25, -0.2) is 0 Å². The first-order chi connectivity index (χ1) is 8.06. The number of aromatic nitrogens is 2. The number of aryl methyl sites for hydroxylation is 2. The maximum Gasteiger partial charge on any atom is 0.169 e. The van der Waals surface area contributed by atoms with Crippen molar-refractivity contribution >= 4 is 11.5 Å². The fraction of sp³-hybridized carbons (Fsp3) is 0.231. The van der Waals surface area contributed by atoms with Crippen molar-refractivity contribution < 1.29 is 4.79 Å². The Labute approximate surface area is 100 Å². The molecule has 2 N–H and O–H groups in total. The number of nitrogens with zero attached hydrogens (tertiary/aromatic N) is 2. The maximum absolute atomic E-state index is 12.1. The molecule has 1 aromatic carbocycles. The number of rotatable bonds is 3. The van der Waals surface area contributed by atoms with Crippen LogP contribution in [-0.2, 0) is 13.5 Å². The van der Waals surface area contributed by atoms with Gasteiger partial charge in [-0.1, -0.05) is 11.6 Å². The van der Waals surface area contributed by atoms with Crippen molar-refractivity contribution in [3.63, 3.8) is 0 Å². The molecule has 0 aliphatic rings. The Kier molecular flexibility index (Phi) is 2.95. The zero-order valence-corrected chi connectivity index (χ0v) is 9.97. The van der Waals surface area contributed by atoms with Crippen LogP contribution in [0.1, 0.15) is 21.5 Å². The van der Waals surface area contributed by atoms with Gasteiger partial charge in [-0.05, 0) is 24.6 Å². The van der Waals surface area contributed by atoms with Gasteiger partial charge in [-0.3, -0.25) is 9.48 Å². The number of carbonyl (C=O) groups excluding carboxylic acids is 1. The van der Waals surface area contributed by atoms with Crippen LogP contribution in [0.5, 0.6) is 0 Å². The van der Waals surface area contributed by atoms with Crippen LogP contribution in [0.2, 0.25) is 0 Å². The highest BCUT2D eigenvalue weighted by Crippen LogP contribution is 2.16. The quantitative estimate of drug-likeness (QED) is 0.644. The fourth-order valence-electron chi connectivity index (χ4n) is 1.76. The van der Waals surface area contributed by atoms with Crippen molar-refractivity contribution in [3.05, 3.63) is 47.3 Å². The Bertz CT molecular complexity index is 558. The second-order valence-electron chi connectivity index (χ2n) is 4.21. The van der Waals surface area contributed by atoms with Crippen LogP contribution in [0.15, 0.2) is 30.6 Å².